The van der Waals surface area contributed by atoms with E-state index in [0.717, 1.165) is 18.0 Å². The molecule has 0 aliphatic carbocycles. The van der Waals surface area contributed by atoms with Crippen LogP contribution in [-0.2, 0) is 0 Å². The highest BCUT2D eigenvalue weighted by atomic mass is 16.5. The van der Waals surface area contributed by atoms with Crippen molar-refractivity contribution < 1.29 is 9.47 Å². The van der Waals surface area contributed by atoms with E-state index in [2.05, 4.69) is 4.90 Å². The van der Waals surface area contributed by atoms with E-state index in [4.69, 9.17) is 20.9 Å². The van der Waals surface area contributed by atoms with Crippen molar-refractivity contribution in [3.05, 3.63) is 42.5 Å². The number of anilines is 2. The standard InChI is InChI=1S/C19H25N3O2/c20-18-9-8-17(14-19(18)21)24-16-6-4-15(5-7-16)23-13-12-22-10-2-1-3-11-22/h4-9,14H,1-3,10-13,20-21H2. The zero-order valence-corrected chi connectivity index (χ0v) is 13.9. The van der Waals surface area contributed by atoms with Crippen LogP contribution in [0.3, 0.4) is 0 Å². The number of hydrogen-bond acceptors (Lipinski definition) is 5. The maximum absolute atomic E-state index is 5.82. The summed E-state index contributed by atoms with van der Waals surface area (Å²) in [5, 5.41) is 0. The Bertz CT molecular complexity index is 652. The summed E-state index contributed by atoms with van der Waals surface area (Å²) >= 11 is 0. The molecule has 5 heteroatoms. The average molecular weight is 327 g/mol. The fraction of sp³-hybridized carbons (Fsp3) is 0.368. The highest BCUT2D eigenvalue weighted by Gasteiger charge is 2.09. The van der Waals surface area contributed by atoms with Gasteiger partial charge in [0.2, 0.25) is 0 Å². The Balaban J connectivity index is 1.48. The van der Waals surface area contributed by atoms with Gasteiger partial charge >= 0.3 is 0 Å². The first kappa shape index (κ1) is 16.5. The molecule has 2 aromatic carbocycles. The molecule has 1 heterocycles. The number of nitrogens with two attached hydrogens (primary N) is 2. The van der Waals surface area contributed by atoms with Gasteiger partial charge in [0.15, 0.2) is 0 Å². The summed E-state index contributed by atoms with van der Waals surface area (Å²) in [5.41, 5.74) is 12.6. The van der Waals surface area contributed by atoms with Crippen LogP contribution >= 0.6 is 0 Å². The van der Waals surface area contributed by atoms with E-state index in [1.807, 2.05) is 24.3 Å². The Labute approximate surface area is 143 Å². The predicted octanol–water partition coefficient (Wildman–Crippen LogP) is 3.51. The second-order valence-electron chi connectivity index (χ2n) is 6.11. The largest absolute Gasteiger partial charge is 0.492 e. The van der Waals surface area contributed by atoms with E-state index in [-0.39, 0.29) is 0 Å². The molecule has 0 radical (unpaired) electrons. The van der Waals surface area contributed by atoms with E-state index >= 15 is 0 Å². The van der Waals surface area contributed by atoms with E-state index in [0.29, 0.717) is 23.7 Å². The van der Waals surface area contributed by atoms with Gasteiger partial charge in [-0.1, -0.05) is 6.42 Å². The molecule has 0 unspecified atom stereocenters. The van der Waals surface area contributed by atoms with Crippen molar-refractivity contribution in [2.45, 2.75) is 19.3 Å². The molecule has 1 aliphatic rings. The molecule has 24 heavy (non-hydrogen) atoms. The van der Waals surface area contributed by atoms with Crippen LogP contribution < -0.4 is 20.9 Å². The molecule has 0 amide bonds. The SMILES string of the molecule is Nc1ccc(Oc2ccc(OCCN3CCCCC3)cc2)cc1N. The number of ether oxygens (including phenoxy) is 2. The lowest BCUT2D eigenvalue weighted by Crippen LogP contribution is -2.33. The van der Waals surface area contributed by atoms with E-state index in [9.17, 15) is 0 Å². The average Bonchev–Trinajstić information content (AvgIpc) is 2.61. The number of nitrogens with zero attached hydrogens (tertiary/aromatic N) is 1. The highest BCUT2D eigenvalue weighted by molar-refractivity contribution is 5.65. The number of hydrogen-bond donors (Lipinski definition) is 2. The fourth-order valence-corrected chi connectivity index (χ4v) is 2.83. The third-order valence-electron chi connectivity index (χ3n) is 4.24. The van der Waals surface area contributed by atoms with Crippen LogP contribution in [0.25, 0.3) is 0 Å². The first-order valence-corrected chi connectivity index (χ1v) is 8.49. The van der Waals surface area contributed by atoms with Crippen LogP contribution in [0.1, 0.15) is 19.3 Å². The topological polar surface area (TPSA) is 73.7 Å². The van der Waals surface area contributed by atoms with Gasteiger partial charge < -0.3 is 20.9 Å². The second kappa shape index (κ2) is 7.93. The van der Waals surface area contributed by atoms with Gasteiger partial charge in [0.05, 0.1) is 11.4 Å². The zero-order valence-electron chi connectivity index (χ0n) is 13.9. The van der Waals surface area contributed by atoms with E-state index in [1.54, 1.807) is 18.2 Å². The van der Waals surface area contributed by atoms with Crippen molar-refractivity contribution in [3.63, 3.8) is 0 Å². The van der Waals surface area contributed by atoms with Crippen LogP contribution in [0.4, 0.5) is 11.4 Å². The summed E-state index contributed by atoms with van der Waals surface area (Å²) in [6.07, 6.45) is 3.97. The molecular formula is C19H25N3O2. The van der Waals surface area contributed by atoms with Crippen LogP contribution in [0.2, 0.25) is 0 Å². The second-order valence-corrected chi connectivity index (χ2v) is 6.11. The summed E-state index contributed by atoms with van der Waals surface area (Å²) in [4.78, 5) is 2.46. The lowest BCUT2D eigenvalue weighted by Gasteiger charge is -2.26. The van der Waals surface area contributed by atoms with Crippen LogP contribution in [-0.4, -0.2) is 31.1 Å². The Hall–Kier alpha value is -2.40. The summed E-state index contributed by atoms with van der Waals surface area (Å²) < 4.78 is 11.6. The van der Waals surface area contributed by atoms with Gasteiger partial charge in [-0.2, -0.15) is 0 Å². The number of benzene rings is 2. The minimum Gasteiger partial charge on any atom is -0.492 e. The number of rotatable bonds is 6. The number of likely N-dealkylation sites (tertiary alicyclic amines) is 1. The number of nitrogen functional groups attached to an aromatic ring is 2. The van der Waals surface area contributed by atoms with Crippen LogP contribution in [0.15, 0.2) is 42.5 Å². The molecule has 0 aromatic heterocycles. The first-order valence-electron chi connectivity index (χ1n) is 8.49. The smallest absolute Gasteiger partial charge is 0.129 e. The van der Waals surface area contributed by atoms with Gasteiger partial charge in [-0.3, -0.25) is 4.90 Å². The monoisotopic (exact) mass is 327 g/mol. The lowest BCUT2D eigenvalue weighted by atomic mass is 10.1. The molecule has 4 N–H and O–H groups in total. The third kappa shape index (κ3) is 4.55. The summed E-state index contributed by atoms with van der Waals surface area (Å²) in [7, 11) is 0. The van der Waals surface area contributed by atoms with Crippen molar-refractivity contribution >= 4 is 11.4 Å². The quantitative estimate of drug-likeness (QED) is 0.794. The van der Waals surface area contributed by atoms with Crippen LogP contribution in [0.5, 0.6) is 17.2 Å². The third-order valence-corrected chi connectivity index (χ3v) is 4.24. The Morgan fingerprint density at radius 1 is 0.792 bits per heavy atom. The predicted molar refractivity (Wildman–Crippen MR) is 97.6 cm³/mol. The van der Waals surface area contributed by atoms with Crippen molar-refractivity contribution in [1.82, 2.24) is 4.90 Å². The minimum absolute atomic E-state index is 0.519. The molecule has 1 aliphatic heterocycles. The molecule has 5 nitrogen and oxygen atoms in total. The van der Waals surface area contributed by atoms with Gasteiger partial charge in [0.1, 0.15) is 23.9 Å². The molecule has 0 saturated carbocycles. The molecule has 0 spiro atoms. The maximum Gasteiger partial charge on any atom is 0.129 e. The Kier molecular flexibility index (Phi) is 5.43. The highest BCUT2D eigenvalue weighted by Crippen LogP contribution is 2.27. The van der Waals surface area contributed by atoms with E-state index < -0.39 is 0 Å². The summed E-state index contributed by atoms with van der Waals surface area (Å²) in [5.74, 6) is 2.26. The Morgan fingerprint density at radius 2 is 1.46 bits per heavy atom. The normalized spacial score (nSPS) is 15.2. The molecule has 0 atom stereocenters. The zero-order chi connectivity index (χ0) is 16.8. The van der Waals surface area contributed by atoms with Gasteiger partial charge in [-0.15, -0.1) is 0 Å². The molecule has 1 saturated heterocycles. The van der Waals surface area contributed by atoms with Crippen molar-refractivity contribution in [2.24, 2.45) is 0 Å². The minimum atomic E-state index is 0.519. The maximum atomic E-state index is 5.82. The fourth-order valence-electron chi connectivity index (χ4n) is 2.83. The molecule has 3 rings (SSSR count). The summed E-state index contributed by atoms with van der Waals surface area (Å²) in [6.45, 7) is 4.10. The summed E-state index contributed by atoms with van der Waals surface area (Å²) in [6, 6.07) is 12.9. The van der Waals surface area contributed by atoms with Crippen molar-refractivity contribution in [2.75, 3.05) is 37.7 Å². The van der Waals surface area contributed by atoms with Gasteiger partial charge in [0.25, 0.3) is 0 Å². The van der Waals surface area contributed by atoms with Crippen molar-refractivity contribution in [1.29, 1.82) is 0 Å². The van der Waals surface area contributed by atoms with Gasteiger partial charge in [-0.05, 0) is 62.3 Å². The molecule has 2 aromatic rings. The lowest BCUT2D eigenvalue weighted by molar-refractivity contribution is 0.183. The van der Waals surface area contributed by atoms with E-state index in [1.165, 1.54) is 32.4 Å². The van der Waals surface area contributed by atoms with Crippen molar-refractivity contribution in [3.8, 4) is 17.2 Å². The molecule has 1 fully saturated rings. The van der Waals surface area contributed by atoms with Gasteiger partial charge in [-0.25, -0.2) is 0 Å². The molecular weight excluding hydrogens is 302 g/mol. The Morgan fingerprint density at radius 3 is 2.17 bits per heavy atom. The molecule has 128 valence electrons. The first-order chi connectivity index (χ1) is 11.7. The van der Waals surface area contributed by atoms with Gasteiger partial charge in [0, 0.05) is 12.6 Å². The number of piperidine rings is 1. The molecule has 0 bridgehead atoms. The van der Waals surface area contributed by atoms with Crippen LogP contribution in [0, 0.1) is 0 Å².